The molecule has 0 radical (unpaired) electrons. The Balaban J connectivity index is 0.695. The molecule has 2 aromatic heterocycles. The van der Waals surface area contributed by atoms with Gasteiger partial charge in [0.2, 0.25) is 0 Å². The van der Waals surface area contributed by atoms with E-state index in [4.69, 9.17) is 0 Å². The first-order chi connectivity index (χ1) is 46.6. The van der Waals surface area contributed by atoms with Crippen molar-refractivity contribution in [3.05, 3.63) is 376 Å². The number of hydrogen-bond donors (Lipinski definition) is 0. The lowest BCUT2D eigenvalue weighted by atomic mass is 9.98. The first kappa shape index (κ1) is 55.6. The molecule has 0 N–H and O–H groups in total. The van der Waals surface area contributed by atoms with Gasteiger partial charge in [-0.25, -0.2) is 0 Å². The Kier molecular flexibility index (Phi) is 14.2. The Morgan fingerprint density at radius 2 is 0.394 bits per heavy atom. The Morgan fingerprint density at radius 1 is 0.149 bits per heavy atom. The summed E-state index contributed by atoms with van der Waals surface area (Å²) in [6.07, 6.45) is 0. The molecule has 0 aliphatic carbocycles. The minimum absolute atomic E-state index is 1.07. The summed E-state index contributed by atoms with van der Waals surface area (Å²) in [5.74, 6) is 0. The fraction of sp³-hybridized carbons (Fsp3) is 0. The minimum atomic E-state index is 1.07. The van der Waals surface area contributed by atoms with Crippen LogP contribution in [-0.2, 0) is 0 Å². The third-order valence-electron chi connectivity index (χ3n) is 18.5. The summed E-state index contributed by atoms with van der Waals surface area (Å²) in [5, 5.41) is 4.95. The molecule has 0 aliphatic rings. The molecule has 4 heteroatoms. The van der Waals surface area contributed by atoms with E-state index in [1.807, 2.05) is 0 Å². The largest absolute Gasteiger partial charge is 0.310 e. The molecule has 0 saturated carbocycles. The normalized spacial score (nSPS) is 11.4. The molecule has 0 saturated heterocycles. The van der Waals surface area contributed by atoms with Crippen LogP contribution in [0.3, 0.4) is 0 Å². The van der Waals surface area contributed by atoms with Gasteiger partial charge in [-0.05, 0) is 200 Å². The van der Waals surface area contributed by atoms with Crippen molar-refractivity contribution in [3.63, 3.8) is 0 Å². The average molecular weight is 1200 g/mol. The van der Waals surface area contributed by atoms with E-state index in [0.717, 1.165) is 90.0 Å². The molecule has 0 bridgehead atoms. The van der Waals surface area contributed by atoms with E-state index in [-0.39, 0.29) is 0 Å². The number of benzene rings is 15. The molecule has 17 aromatic rings. The maximum Gasteiger partial charge on any atom is 0.0541 e. The number of anilines is 6. The van der Waals surface area contributed by atoms with E-state index in [1.165, 1.54) is 65.9 Å². The monoisotopic (exact) mass is 1200 g/mol. The zero-order chi connectivity index (χ0) is 62.3. The Bertz CT molecular complexity index is 5230. The highest BCUT2D eigenvalue weighted by molar-refractivity contribution is 6.12. The summed E-state index contributed by atoms with van der Waals surface area (Å²) in [5.41, 5.74) is 27.4. The fourth-order valence-corrected chi connectivity index (χ4v) is 13.9. The number of aromatic nitrogens is 2. The fourth-order valence-electron chi connectivity index (χ4n) is 13.9. The third-order valence-corrected chi connectivity index (χ3v) is 18.5. The molecule has 442 valence electrons. The van der Waals surface area contributed by atoms with Crippen molar-refractivity contribution in [2.24, 2.45) is 0 Å². The Hall–Kier alpha value is -12.5. The van der Waals surface area contributed by atoms with Gasteiger partial charge in [0.15, 0.2) is 0 Å². The lowest BCUT2D eigenvalue weighted by molar-refractivity contribution is 1.18. The second-order valence-electron chi connectivity index (χ2n) is 24.1. The lowest BCUT2D eigenvalue weighted by Crippen LogP contribution is -2.10. The zero-order valence-corrected chi connectivity index (χ0v) is 51.6. The summed E-state index contributed by atoms with van der Waals surface area (Å²) in [6, 6.07) is 137. The second-order valence-corrected chi connectivity index (χ2v) is 24.1. The number of rotatable bonds is 14. The highest BCUT2D eigenvalue weighted by Gasteiger charge is 2.20. The Morgan fingerprint density at radius 3 is 0.734 bits per heavy atom. The van der Waals surface area contributed by atoms with Crippen LogP contribution in [0.5, 0.6) is 0 Å². The van der Waals surface area contributed by atoms with Gasteiger partial charge in [-0.2, -0.15) is 0 Å². The summed E-state index contributed by atoms with van der Waals surface area (Å²) in [6.45, 7) is 0. The van der Waals surface area contributed by atoms with Crippen molar-refractivity contribution in [1.29, 1.82) is 0 Å². The van der Waals surface area contributed by atoms with Crippen molar-refractivity contribution in [1.82, 2.24) is 9.13 Å². The summed E-state index contributed by atoms with van der Waals surface area (Å²) >= 11 is 0. The number of nitrogens with zero attached hydrogens (tertiary/aromatic N) is 4. The highest BCUT2D eigenvalue weighted by atomic mass is 15.1. The van der Waals surface area contributed by atoms with Gasteiger partial charge in [-0.15, -0.1) is 0 Å². The lowest BCUT2D eigenvalue weighted by Gasteiger charge is -2.27. The van der Waals surface area contributed by atoms with Gasteiger partial charge in [-0.3, -0.25) is 0 Å². The van der Waals surface area contributed by atoms with Gasteiger partial charge in [0.05, 0.1) is 22.1 Å². The molecule has 0 spiro atoms. The van der Waals surface area contributed by atoms with Crippen molar-refractivity contribution >= 4 is 77.7 Å². The van der Waals surface area contributed by atoms with E-state index in [0.29, 0.717) is 0 Å². The van der Waals surface area contributed by atoms with E-state index in [9.17, 15) is 0 Å². The van der Waals surface area contributed by atoms with Gasteiger partial charge in [-0.1, -0.05) is 243 Å². The molecule has 0 atom stereocenters. The smallest absolute Gasteiger partial charge is 0.0541 e. The topological polar surface area (TPSA) is 16.3 Å². The summed E-state index contributed by atoms with van der Waals surface area (Å²) in [4.78, 5) is 4.77. The van der Waals surface area contributed by atoms with Gasteiger partial charge >= 0.3 is 0 Å². The maximum atomic E-state index is 2.39. The molecule has 0 unspecified atom stereocenters. The van der Waals surface area contributed by atoms with Crippen LogP contribution in [0.15, 0.2) is 376 Å². The van der Waals surface area contributed by atoms with Crippen molar-refractivity contribution in [3.8, 4) is 78.1 Å². The van der Waals surface area contributed by atoms with E-state index in [1.54, 1.807) is 0 Å². The number of hydrogen-bond acceptors (Lipinski definition) is 2. The number of para-hydroxylation sites is 4. The maximum absolute atomic E-state index is 2.39. The molecule has 0 amide bonds. The predicted molar refractivity (Wildman–Crippen MR) is 397 cm³/mol. The van der Waals surface area contributed by atoms with Crippen molar-refractivity contribution in [2.75, 3.05) is 9.80 Å². The van der Waals surface area contributed by atoms with E-state index < -0.39 is 0 Å². The highest BCUT2D eigenvalue weighted by Crippen LogP contribution is 2.44. The molecule has 4 nitrogen and oxygen atoms in total. The van der Waals surface area contributed by atoms with Gasteiger partial charge in [0.1, 0.15) is 0 Å². The summed E-state index contributed by atoms with van der Waals surface area (Å²) < 4.78 is 4.74. The standard InChI is InChI=1S/C90H62N4/c1-5-21-63(22-6-1)69-25-17-33-79(57-69)91(77-51-45-67(46-52-77)73-49-55-89-85(61-73)83-37-13-15-39-87(83)93(89)75-29-9-3-10-30-75)81-35-19-27-71(59-81)65-41-43-66(44-42-65)72-28-20-36-82(60-72)92(80-34-18-26-70(58-80)64-23-7-2-8-24-64)78-53-47-68(48-54-78)74-50-56-90-86(62-74)84-38-14-16-40-88(84)94(90)76-31-11-4-12-32-76/h1-62H. The second kappa shape index (κ2) is 24.0. The van der Waals surface area contributed by atoms with Gasteiger partial charge in [0, 0.05) is 67.0 Å². The van der Waals surface area contributed by atoms with Gasteiger partial charge in [0.25, 0.3) is 0 Å². The SMILES string of the molecule is c1ccc(-c2cccc(N(c3ccc(-c4ccc5c(c4)c4ccccc4n5-c4ccccc4)cc3)c3cccc(-c4ccc(-c5cccc(N(c6ccc(-c7ccc8c(c7)c7ccccc7n8-c7ccccc7)cc6)c6cccc(-c7ccccc7)c6)c5)cc4)c3)c2)cc1. The summed E-state index contributed by atoms with van der Waals surface area (Å²) in [7, 11) is 0. The van der Waals surface area contributed by atoms with Crippen molar-refractivity contribution < 1.29 is 0 Å². The van der Waals surface area contributed by atoms with E-state index >= 15 is 0 Å². The quantitative estimate of drug-likeness (QED) is 0.108. The molecule has 17 rings (SSSR count). The average Bonchev–Trinajstić information content (AvgIpc) is 1.62. The van der Waals surface area contributed by atoms with Crippen LogP contribution in [0.2, 0.25) is 0 Å². The van der Waals surface area contributed by atoms with Gasteiger partial charge < -0.3 is 18.9 Å². The third kappa shape index (κ3) is 10.4. The van der Waals surface area contributed by atoms with Crippen LogP contribution in [0.4, 0.5) is 34.1 Å². The molecule has 94 heavy (non-hydrogen) atoms. The van der Waals surface area contributed by atoms with Crippen LogP contribution in [0.1, 0.15) is 0 Å². The predicted octanol–water partition coefficient (Wildman–Crippen LogP) is 24.8. The molecule has 0 aliphatic heterocycles. The first-order valence-corrected chi connectivity index (χ1v) is 32.2. The Labute approximate surface area is 547 Å². The minimum Gasteiger partial charge on any atom is -0.310 e. The molecule has 0 fully saturated rings. The van der Waals surface area contributed by atoms with Crippen LogP contribution in [0, 0.1) is 0 Å². The molecule has 2 heterocycles. The van der Waals surface area contributed by atoms with Crippen LogP contribution in [0.25, 0.3) is 122 Å². The molecule has 15 aromatic carbocycles. The number of fused-ring (bicyclic) bond motifs is 6. The zero-order valence-electron chi connectivity index (χ0n) is 51.6. The van der Waals surface area contributed by atoms with Crippen LogP contribution >= 0.6 is 0 Å². The van der Waals surface area contributed by atoms with Crippen LogP contribution < -0.4 is 9.80 Å². The van der Waals surface area contributed by atoms with Crippen molar-refractivity contribution in [2.45, 2.75) is 0 Å². The first-order valence-electron chi connectivity index (χ1n) is 32.2. The van der Waals surface area contributed by atoms with Crippen LogP contribution in [-0.4, -0.2) is 9.13 Å². The van der Waals surface area contributed by atoms with E-state index in [2.05, 4.69) is 395 Å². The molecular weight excluding hydrogens is 1140 g/mol. The molecular formula is C90H62N4.